The number of hydrogen-bond acceptors (Lipinski definition) is 4. The number of carbonyl (C=O) groups is 1. The summed E-state index contributed by atoms with van der Waals surface area (Å²) >= 11 is 3.21. The minimum atomic E-state index is -0.527. The fraction of sp³-hybridized carbons (Fsp3) is 0.333. The lowest BCUT2D eigenvalue weighted by molar-refractivity contribution is -0.384. The van der Waals surface area contributed by atoms with Crippen molar-refractivity contribution in [1.82, 2.24) is 4.98 Å². The van der Waals surface area contributed by atoms with E-state index in [1.807, 2.05) is 0 Å². The molecule has 0 spiro atoms. The minimum absolute atomic E-state index is 0.0119. The Labute approximate surface area is 118 Å². The van der Waals surface area contributed by atoms with Crippen LogP contribution in [0.5, 0.6) is 0 Å². The van der Waals surface area contributed by atoms with Crippen LogP contribution >= 0.6 is 15.9 Å². The average Bonchev–Trinajstić information content (AvgIpc) is 2.73. The predicted molar refractivity (Wildman–Crippen MR) is 74.0 cm³/mol. The number of carbonyl (C=O) groups excluding carboxylic acids is 1. The number of aromatic nitrogens is 1. The number of aryl methyl sites for hydroxylation is 1. The van der Waals surface area contributed by atoms with Crippen molar-refractivity contribution in [2.75, 3.05) is 11.4 Å². The fourth-order valence-electron chi connectivity index (χ4n) is 1.99. The second-order valence-corrected chi connectivity index (χ2v) is 5.21. The quantitative estimate of drug-likeness (QED) is 0.486. The van der Waals surface area contributed by atoms with Crippen molar-refractivity contribution in [3.05, 3.63) is 39.0 Å². The van der Waals surface area contributed by atoms with Crippen LogP contribution in [0.1, 0.15) is 12.1 Å². The summed E-state index contributed by atoms with van der Waals surface area (Å²) in [4.78, 5) is 28.0. The van der Waals surface area contributed by atoms with Gasteiger partial charge in [0.25, 0.3) is 0 Å². The maximum Gasteiger partial charge on any atom is 0.313 e. The second-order valence-electron chi connectivity index (χ2n) is 4.36. The van der Waals surface area contributed by atoms with Crippen LogP contribution in [0, 0.1) is 23.0 Å². The molecule has 1 saturated heterocycles. The van der Waals surface area contributed by atoms with Crippen LogP contribution in [-0.2, 0) is 4.79 Å². The van der Waals surface area contributed by atoms with Gasteiger partial charge in [0.2, 0.25) is 11.7 Å². The summed E-state index contributed by atoms with van der Waals surface area (Å²) in [5.41, 5.74) is 0.436. The highest BCUT2D eigenvalue weighted by Crippen LogP contribution is 2.34. The topological polar surface area (TPSA) is 76.3 Å². The molecule has 100 valence electrons. The molecule has 0 radical (unpaired) electrons. The lowest BCUT2D eigenvalue weighted by Crippen LogP contribution is -2.26. The number of nitro groups is 1. The van der Waals surface area contributed by atoms with Gasteiger partial charge < -0.3 is 0 Å². The summed E-state index contributed by atoms with van der Waals surface area (Å²) in [6, 6.07) is 1.38. The van der Waals surface area contributed by atoms with Gasteiger partial charge in [-0.15, -0.1) is 6.58 Å². The maximum absolute atomic E-state index is 11.9. The van der Waals surface area contributed by atoms with Crippen LogP contribution in [-0.4, -0.2) is 22.4 Å². The van der Waals surface area contributed by atoms with Crippen LogP contribution in [0.3, 0.4) is 0 Å². The Morgan fingerprint density at radius 3 is 2.89 bits per heavy atom. The molecule has 1 aliphatic rings. The molecule has 1 unspecified atom stereocenters. The number of hydrogen-bond donors (Lipinski definition) is 0. The standard InChI is InChI=1S/C12H12BrN3O3/c1-3-8-4-11(17)15(6-8)12-10(16(18)19)5-9(13)7(2)14-12/h3,5,8H,1,4,6H2,2H3. The van der Waals surface area contributed by atoms with Gasteiger partial charge in [0.15, 0.2) is 0 Å². The van der Waals surface area contributed by atoms with Crippen LogP contribution in [0.15, 0.2) is 23.2 Å². The average molecular weight is 326 g/mol. The normalized spacial score (nSPS) is 18.7. The smallest absolute Gasteiger partial charge is 0.290 e. The van der Waals surface area contributed by atoms with Gasteiger partial charge in [0.05, 0.1) is 10.6 Å². The summed E-state index contributed by atoms with van der Waals surface area (Å²) in [5.74, 6) is -0.0415. The van der Waals surface area contributed by atoms with Crippen LogP contribution in [0.25, 0.3) is 0 Å². The summed E-state index contributed by atoms with van der Waals surface area (Å²) in [7, 11) is 0. The molecule has 0 aliphatic carbocycles. The maximum atomic E-state index is 11.9. The molecule has 2 heterocycles. The number of pyridine rings is 1. The van der Waals surface area contributed by atoms with Gasteiger partial charge in [0, 0.05) is 29.4 Å². The van der Waals surface area contributed by atoms with E-state index in [9.17, 15) is 14.9 Å². The summed E-state index contributed by atoms with van der Waals surface area (Å²) in [6.07, 6.45) is 2.01. The Balaban J connectivity index is 2.50. The van der Waals surface area contributed by atoms with Crippen LogP contribution in [0.2, 0.25) is 0 Å². The van der Waals surface area contributed by atoms with Crippen LogP contribution in [0.4, 0.5) is 11.5 Å². The third kappa shape index (κ3) is 2.51. The van der Waals surface area contributed by atoms with Gasteiger partial charge in [0.1, 0.15) is 0 Å². The van der Waals surface area contributed by atoms with E-state index in [4.69, 9.17) is 0 Å². The molecule has 0 saturated carbocycles. The molecule has 1 aliphatic heterocycles. The van der Waals surface area contributed by atoms with E-state index >= 15 is 0 Å². The zero-order valence-electron chi connectivity index (χ0n) is 10.3. The molecular formula is C12H12BrN3O3. The first-order valence-corrected chi connectivity index (χ1v) is 6.47. The third-order valence-corrected chi connectivity index (χ3v) is 3.86. The first kappa shape index (κ1) is 13.7. The van der Waals surface area contributed by atoms with E-state index in [2.05, 4.69) is 27.5 Å². The lowest BCUT2D eigenvalue weighted by atomic mass is 10.1. The van der Waals surface area contributed by atoms with E-state index in [1.165, 1.54) is 11.0 Å². The highest BCUT2D eigenvalue weighted by molar-refractivity contribution is 9.10. The number of rotatable bonds is 3. The van der Waals surface area contributed by atoms with E-state index in [1.54, 1.807) is 13.0 Å². The molecule has 7 heteroatoms. The van der Waals surface area contributed by atoms with Gasteiger partial charge in [-0.2, -0.15) is 0 Å². The molecule has 2 rings (SSSR count). The Kier molecular flexibility index (Phi) is 3.66. The van der Waals surface area contributed by atoms with Gasteiger partial charge in [-0.25, -0.2) is 4.98 Å². The van der Waals surface area contributed by atoms with Crippen LogP contribution < -0.4 is 4.90 Å². The molecule has 0 N–H and O–H groups in total. The zero-order valence-corrected chi connectivity index (χ0v) is 11.9. The first-order valence-electron chi connectivity index (χ1n) is 5.68. The molecule has 1 aromatic rings. The van der Waals surface area contributed by atoms with Crippen molar-refractivity contribution in [2.24, 2.45) is 5.92 Å². The van der Waals surface area contributed by atoms with Gasteiger partial charge in [-0.05, 0) is 22.9 Å². The van der Waals surface area contributed by atoms with E-state index in [0.29, 0.717) is 23.1 Å². The van der Waals surface area contributed by atoms with Crippen molar-refractivity contribution < 1.29 is 9.72 Å². The lowest BCUT2D eigenvalue weighted by Gasteiger charge is -2.16. The van der Waals surface area contributed by atoms with Gasteiger partial charge in [-0.3, -0.25) is 19.8 Å². The molecule has 1 amide bonds. The zero-order chi connectivity index (χ0) is 14.2. The molecule has 1 fully saturated rings. The van der Waals surface area contributed by atoms with Crippen molar-refractivity contribution in [3.8, 4) is 0 Å². The van der Waals surface area contributed by atoms with Crippen molar-refractivity contribution in [3.63, 3.8) is 0 Å². The summed E-state index contributed by atoms with van der Waals surface area (Å²) in [5, 5.41) is 11.1. The molecular weight excluding hydrogens is 314 g/mol. The Morgan fingerprint density at radius 2 is 2.37 bits per heavy atom. The van der Waals surface area contributed by atoms with Gasteiger partial charge in [-0.1, -0.05) is 6.08 Å². The van der Waals surface area contributed by atoms with Crippen molar-refractivity contribution in [1.29, 1.82) is 0 Å². The van der Waals surface area contributed by atoms with E-state index < -0.39 is 4.92 Å². The van der Waals surface area contributed by atoms with Crippen molar-refractivity contribution in [2.45, 2.75) is 13.3 Å². The predicted octanol–water partition coefficient (Wildman–Crippen LogP) is 2.60. The molecule has 0 aromatic carbocycles. The highest BCUT2D eigenvalue weighted by Gasteiger charge is 2.34. The molecule has 0 bridgehead atoms. The molecule has 19 heavy (non-hydrogen) atoms. The van der Waals surface area contributed by atoms with Crippen molar-refractivity contribution >= 4 is 33.3 Å². The number of nitrogens with zero attached hydrogens (tertiary/aromatic N) is 3. The number of amides is 1. The molecule has 1 atom stereocenters. The molecule has 6 nitrogen and oxygen atoms in total. The molecule has 1 aromatic heterocycles. The largest absolute Gasteiger partial charge is 0.313 e. The summed E-state index contributed by atoms with van der Waals surface area (Å²) in [6.45, 7) is 5.76. The Bertz CT molecular complexity index is 574. The summed E-state index contributed by atoms with van der Waals surface area (Å²) < 4.78 is 0.551. The monoisotopic (exact) mass is 325 g/mol. The SMILES string of the molecule is C=CC1CC(=O)N(c2nc(C)c(Br)cc2[N+](=O)[O-])C1. The number of halogens is 1. The second kappa shape index (κ2) is 5.08. The first-order chi connectivity index (χ1) is 8.93. The van der Waals surface area contributed by atoms with E-state index in [0.717, 1.165) is 0 Å². The third-order valence-electron chi connectivity index (χ3n) is 3.05. The Hall–Kier alpha value is -1.76. The number of anilines is 1. The highest BCUT2D eigenvalue weighted by atomic mass is 79.9. The van der Waals surface area contributed by atoms with E-state index in [-0.39, 0.29) is 23.3 Å². The Morgan fingerprint density at radius 1 is 1.68 bits per heavy atom. The van der Waals surface area contributed by atoms with Gasteiger partial charge >= 0.3 is 5.69 Å². The fourth-order valence-corrected chi connectivity index (χ4v) is 2.29. The minimum Gasteiger partial charge on any atom is -0.290 e.